The minimum absolute atomic E-state index is 0.0529. The van der Waals surface area contributed by atoms with Crippen molar-refractivity contribution < 1.29 is 0 Å². The fourth-order valence-corrected chi connectivity index (χ4v) is 3.44. The number of H-pyrrole nitrogens is 1. The van der Waals surface area contributed by atoms with Crippen molar-refractivity contribution in [3.63, 3.8) is 0 Å². The van der Waals surface area contributed by atoms with E-state index in [4.69, 9.17) is 0 Å². The number of hydrogen-bond acceptors (Lipinski definition) is 5. The lowest BCUT2D eigenvalue weighted by atomic mass is 9.90. The second-order valence-corrected chi connectivity index (χ2v) is 6.77. The summed E-state index contributed by atoms with van der Waals surface area (Å²) < 4.78 is 0. The van der Waals surface area contributed by atoms with Crippen LogP contribution in [-0.2, 0) is 6.42 Å². The molecule has 0 spiro atoms. The van der Waals surface area contributed by atoms with Gasteiger partial charge in [0.25, 0.3) is 0 Å². The molecule has 1 N–H and O–H groups in total. The molecule has 29 heavy (non-hydrogen) atoms. The van der Waals surface area contributed by atoms with E-state index in [0.29, 0.717) is 6.42 Å². The lowest BCUT2D eigenvalue weighted by Crippen LogP contribution is -2.17. The normalized spacial score (nSPS) is 11.8. The molecule has 0 radical (unpaired) electrons. The highest BCUT2D eigenvalue weighted by Crippen LogP contribution is 2.31. The van der Waals surface area contributed by atoms with E-state index in [9.17, 15) is 4.79 Å². The van der Waals surface area contributed by atoms with E-state index >= 15 is 0 Å². The fourth-order valence-electron chi connectivity index (χ4n) is 3.44. The zero-order chi connectivity index (χ0) is 20.1. The summed E-state index contributed by atoms with van der Waals surface area (Å²) in [6.07, 6.45) is 9.61. The van der Waals surface area contributed by atoms with Crippen LogP contribution < -0.4 is 10.5 Å². The topological polar surface area (TPSA) is 74.8 Å². The SMILES string of the molecule is CN(c1cccnc1)c1ncccc1CC(c1cccnc1)c1cccc(=O)[nH]1. The van der Waals surface area contributed by atoms with E-state index in [1.54, 1.807) is 24.7 Å². The van der Waals surface area contributed by atoms with Gasteiger partial charge in [-0.1, -0.05) is 18.2 Å². The Kier molecular flexibility index (Phi) is 5.42. The third-order valence-corrected chi connectivity index (χ3v) is 4.90. The molecule has 0 aliphatic heterocycles. The van der Waals surface area contributed by atoms with Gasteiger partial charge in [0, 0.05) is 49.5 Å². The number of pyridine rings is 4. The van der Waals surface area contributed by atoms with Gasteiger partial charge in [-0.15, -0.1) is 0 Å². The van der Waals surface area contributed by atoms with Crippen LogP contribution in [0.1, 0.15) is 22.7 Å². The summed E-state index contributed by atoms with van der Waals surface area (Å²) in [7, 11) is 1.98. The maximum atomic E-state index is 11.9. The molecule has 6 heteroatoms. The third-order valence-electron chi connectivity index (χ3n) is 4.90. The Morgan fingerprint density at radius 3 is 2.45 bits per heavy atom. The Balaban J connectivity index is 1.75. The van der Waals surface area contributed by atoms with Crippen LogP contribution in [0.25, 0.3) is 0 Å². The molecule has 0 saturated carbocycles. The largest absolute Gasteiger partial charge is 0.328 e. The van der Waals surface area contributed by atoms with Crippen LogP contribution >= 0.6 is 0 Å². The van der Waals surface area contributed by atoms with Crippen LogP contribution in [0, 0.1) is 0 Å². The van der Waals surface area contributed by atoms with Gasteiger partial charge in [0.2, 0.25) is 5.56 Å². The molecule has 6 nitrogen and oxygen atoms in total. The lowest BCUT2D eigenvalue weighted by Gasteiger charge is -2.23. The molecule has 1 unspecified atom stereocenters. The van der Waals surface area contributed by atoms with Gasteiger partial charge in [-0.2, -0.15) is 0 Å². The average molecular weight is 383 g/mol. The Bertz CT molecular complexity index is 1130. The van der Waals surface area contributed by atoms with Gasteiger partial charge >= 0.3 is 0 Å². The molecule has 1 atom stereocenters. The van der Waals surface area contributed by atoms with E-state index in [-0.39, 0.29) is 11.5 Å². The standard InChI is InChI=1S/C23H21N5O/c1-28(19-8-5-12-25-16-19)23-17(6-4-13-26-23)14-20(18-7-3-11-24-15-18)21-9-2-10-22(29)27-21/h2-13,15-16,20H,14H2,1H3,(H,27,29). The predicted octanol–water partition coefficient (Wildman–Crippen LogP) is 3.70. The monoisotopic (exact) mass is 383 g/mol. The van der Waals surface area contributed by atoms with Crippen molar-refractivity contribution in [2.24, 2.45) is 0 Å². The van der Waals surface area contributed by atoms with Crippen molar-refractivity contribution in [1.82, 2.24) is 19.9 Å². The lowest BCUT2D eigenvalue weighted by molar-refractivity contribution is 0.761. The van der Waals surface area contributed by atoms with Crippen LogP contribution in [-0.4, -0.2) is 27.0 Å². The van der Waals surface area contributed by atoms with Crippen molar-refractivity contribution in [2.75, 3.05) is 11.9 Å². The molecule has 0 fully saturated rings. The number of rotatable bonds is 6. The average Bonchev–Trinajstić information content (AvgIpc) is 2.78. The van der Waals surface area contributed by atoms with Gasteiger partial charge in [-0.3, -0.25) is 14.8 Å². The fraction of sp³-hybridized carbons (Fsp3) is 0.130. The summed E-state index contributed by atoms with van der Waals surface area (Å²) in [4.78, 5) is 30.1. The number of aromatic amines is 1. The van der Waals surface area contributed by atoms with Gasteiger partial charge in [0.1, 0.15) is 5.82 Å². The van der Waals surface area contributed by atoms with Crippen LogP contribution in [0.5, 0.6) is 0 Å². The molecule has 0 aromatic carbocycles. The third kappa shape index (κ3) is 4.21. The first-order valence-corrected chi connectivity index (χ1v) is 9.39. The summed E-state index contributed by atoms with van der Waals surface area (Å²) in [5.74, 6) is 0.801. The highest BCUT2D eigenvalue weighted by atomic mass is 16.1. The Labute approximate surface area is 168 Å². The van der Waals surface area contributed by atoms with Gasteiger partial charge in [0.15, 0.2) is 0 Å². The highest BCUT2D eigenvalue weighted by molar-refractivity contribution is 5.61. The number of nitrogens with one attached hydrogen (secondary N) is 1. The van der Waals surface area contributed by atoms with Crippen LogP contribution in [0.2, 0.25) is 0 Å². The number of aromatic nitrogens is 4. The molecule has 144 valence electrons. The summed E-state index contributed by atoms with van der Waals surface area (Å²) in [5.41, 5.74) is 3.80. The van der Waals surface area contributed by atoms with Crippen molar-refractivity contribution >= 4 is 11.5 Å². The Morgan fingerprint density at radius 2 is 1.72 bits per heavy atom. The molecule has 0 amide bonds. The second kappa shape index (κ2) is 8.48. The minimum atomic E-state index is -0.115. The minimum Gasteiger partial charge on any atom is -0.328 e. The quantitative estimate of drug-likeness (QED) is 0.549. The maximum absolute atomic E-state index is 11.9. The maximum Gasteiger partial charge on any atom is 0.248 e. The van der Waals surface area contributed by atoms with E-state index in [2.05, 4.69) is 26.0 Å². The van der Waals surface area contributed by atoms with Crippen LogP contribution in [0.4, 0.5) is 11.5 Å². The number of nitrogens with zero attached hydrogens (tertiary/aromatic N) is 4. The van der Waals surface area contributed by atoms with Crippen LogP contribution in [0.3, 0.4) is 0 Å². The first-order chi connectivity index (χ1) is 14.2. The summed E-state index contributed by atoms with van der Waals surface area (Å²) >= 11 is 0. The van der Waals surface area contributed by atoms with Crippen molar-refractivity contribution in [3.05, 3.63) is 113 Å². The van der Waals surface area contributed by atoms with E-state index in [0.717, 1.165) is 28.3 Å². The number of anilines is 2. The van der Waals surface area contributed by atoms with Crippen LogP contribution in [0.15, 0.2) is 90.4 Å². The molecule has 0 aliphatic carbocycles. The summed E-state index contributed by atoms with van der Waals surface area (Å²) in [5, 5.41) is 0. The van der Waals surface area contributed by atoms with E-state index in [1.807, 2.05) is 60.7 Å². The van der Waals surface area contributed by atoms with E-state index < -0.39 is 0 Å². The zero-order valence-electron chi connectivity index (χ0n) is 16.1. The van der Waals surface area contributed by atoms with Gasteiger partial charge in [-0.05, 0) is 47.9 Å². The molecule has 4 heterocycles. The van der Waals surface area contributed by atoms with Gasteiger partial charge < -0.3 is 9.88 Å². The summed E-state index contributed by atoms with van der Waals surface area (Å²) in [6.45, 7) is 0. The highest BCUT2D eigenvalue weighted by Gasteiger charge is 2.20. The first kappa shape index (κ1) is 18.6. The molecule has 4 aromatic heterocycles. The molecule has 4 rings (SSSR count). The molecule has 4 aromatic rings. The van der Waals surface area contributed by atoms with E-state index in [1.165, 1.54) is 6.07 Å². The van der Waals surface area contributed by atoms with Gasteiger partial charge in [0.05, 0.1) is 11.9 Å². The molecule has 0 saturated heterocycles. The van der Waals surface area contributed by atoms with Crippen molar-refractivity contribution in [3.8, 4) is 0 Å². The Hall–Kier alpha value is -3.80. The zero-order valence-corrected chi connectivity index (χ0v) is 16.1. The predicted molar refractivity (Wildman–Crippen MR) is 113 cm³/mol. The molecule has 0 bridgehead atoms. The summed E-state index contributed by atoms with van der Waals surface area (Å²) in [6, 6.07) is 17.1. The second-order valence-electron chi connectivity index (χ2n) is 6.77. The van der Waals surface area contributed by atoms with Crippen molar-refractivity contribution in [2.45, 2.75) is 12.3 Å². The molecular weight excluding hydrogens is 362 g/mol. The van der Waals surface area contributed by atoms with Gasteiger partial charge in [-0.25, -0.2) is 4.98 Å². The Morgan fingerprint density at radius 1 is 0.931 bits per heavy atom. The number of hydrogen-bond donors (Lipinski definition) is 1. The first-order valence-electron chi connectivity index (χ1n) is 9.39. The smallest absolute Gasteiger partial charge is 0.248 e. The molecule has 0 aliphatic rings. The van der Waals surface area contributed by atoms with Crippen molar-refractivity contribution in [1.29, 1.82) is 0 Å². The molecular formula is C23H21N5O.